The summed E-state index contributed by atoms with van der Waals surface area (Å²) in [7, 11) is 1.76. The minimum Gasteiger partial charge on any atom is -0.396 e. The van der Waals surface area contributed by atoms with E-state index in [1.54, 1.807) is 18.0 Å². The number of nitrogens with two attached hydrogens (primary N) is 1. The minimum absolute atomic E-state index is 0.00101. The summed E-state index contributed by atoms with van der Waals surface area (Å²) in [6, 6.07) is 14.4. The highest BCUT2D eigenvalue weighted by molar-refractivity contribution is 8.00. The molecule has 0 bridgehead atoms. The van der Waals surface area contributed by atoms with Gasteiger partial charge in [0.2, 0.25) is 5.91 Å². The molecule has 0 saturated heterocycles. The van der Waals surface area contributed by atoms with E-state index in [2.05, 4.69) is 0 Å². The molecule has 110 valence electrons. The van der Waals surface area contributed by atoms with Crippen LogP contribution in [0.25, 0.3) is 0 Å². The smallest absolute Gasteiger partial charge is 0.232 e. The Bertz CT molecular complexity index is 619. The van der Waals surface area contributed by atoms with Gasteiger partial charge < -0.3 is 10.6 Å². The summed E-state index contributed by atoms with van der Waals surface area (Å²) in [6.45, 7) is 0.566. The number of hydrogen-bond donors (Lipinski definition) is 1. The molecule has 0 atom stereocenters. The monoisotopic (exact) mass is 304 g/mol. The second-order valence-electron chi connectivity index (χ2n) is 4.71. The minimum atomic E-state index is -0.454. The van der Waals surface area contributed by atoms with Crippen LogP contribution in [0.3, 0.4) is 0 Å². The molecule has 0 aliphatic rings. The molecule has 0 aliphatic heterocycles. The zero-order chi connectivity index (χ0) is 15.2. The molecule has 1 amide bonds. The van der Waals surface area contributed by atoms with Crippen LogP contribution < -0.4 is 5.73 Å². The van der Waals surface area contributed by atoms with Crippen molar-refractivity contribution in [1.82, 2.24) is 4.90 Å². The fraction of sp³-hybridized carbons (Fsp3) is 0.188. The van der Waals surface area contributed by atoms with Crippen LogP contribution >= 0.6 is 11.8 Å². The average molecular weight is 304 g/mol. The number of rotatable bonds is 5. The predicted molar refractivity (Wildman–Crippen MR) is 84.5 cm³/mol. The summed E-state index contributed by atoms with van der Waals surface area (Å²) in [5.41, 5.74) is 6.62. The lowest BCUT2D eigenvalue weighted by Gasteiger charge is -2.17. The summed E-state index contributed by atoms with van der Waals surface area (Å²) < 4.78 is 13.3. The van der Waals surface area contributed by atoms with Crippen molar-refractivity contribution in [2.24, 2.45) is 0 Å². The molecule has 0 spiro atoms. The molecule has 5 heteroatoms. The van der Waals surface area contributed by atoms with Gasteiger partial charge in [0.1, 0.15) is 5.82 Å². The van der Waals surface area contributed by atoms with E-state index in [0.29, 0.717) is 11.4 Å². The summed E-state index contributed by atoms with van der Waals surface area (Å²) in [5.74, 6) is -0.182. The van der Waals surface area contributed by atoms with Crippen molar-refractivity contribution in [3.8, 4) is 0 Å². The molecule has 2 aromatic rings. The standard InChI is InChI=1S/C16H17FN2OS/c1-19(10-12-5-3-2-4-6-12)16(20)11-21-13-7-8-15(18)14(17)9-13/h2-9H,10-11,18H2,1H3. The van der Waals surface area contributed by atoms with Crippen molar-refractivity contribution < 1.29 is 9.18 Å². The first kappa shape index (κ1) is 15.4. The van der Waals surface area contributed by atoms with Gasteiger partial charge in [-0.1, -0.05) is 30.3 Å². The van der Waals surface area contributed by atoms with E-state index in [0.717, 1.165) is 5.56 Å². The third-order valence-electron chi connectivity index (χ3n) is 3.02. The van der Waals surface area contributed by atoms with Gasteiger partial charge in [0.25, 0.3) is 0 Å². The van der Waals surface area contributed by atoms with Gasteiger partial charge in [-0.15, -0.1) is 11.8 Å². The van der Waals surface area contributed by atoms with Crippen molar-refractivity contribution in [1.29, 1.82) is 0 Å². The number of halogens is 1. The van der Waals surface area contributed by atoms with Crippen LogP contribution in [0.5, 0.6) is 0 Å². The van der Waals surface area contributed by atoms with Crippen molar-refractivity contribution >= 4 is 23.4 Å². The number of hydrogen-bond acceptors (Lipinski definition) is 3. The maximum Gasteiger partial charge on any atom is 0.232 e. The largest absolute Gasteiger partial charge is 0.396 e. The number of carbonyl (C=O) groups is 1. The molecular formula is C16H17FN2OS. The molecule has 2 N–H and O–H groups in total. The molecular weight excluding hydrogens is 287 g/mol. The summed E-state index contributed by atoms with van der Waals surface area (Å²) in [6.07, 6.45) is 0. The molecule has 0 aliphatic carbocycles. The zero-order valence-electron chi connectivity index (χ0n) is 11.8. The van der Waals surface area contributed by atoms with E-state index in [4.69, 9.17) is 5.73 Å². The van der Waals surface area contributed by atoms with E-state index >= 15 is 0 Å². The number of thioether (sulfide) groups is 1. The van der Waals surface area contributed by atoms with Gasteiger partial charge in [0.05, 0.1) is 11.4 Å². The maximum absolute atomic E-state index is 13.3. The summed E-state index contributed by atoms with van der Waals surface area (Å²) >= 11 is 1.30. The quantitative estimate of drug-likeness (QED) is 0.682. The van der Waals surface area contributed by atoms with Gasteiger partial charge >= 0.3 is 0 Å². The lowest BCUT2D eigenvalue weighted by molar-refractivity contribution is -0.127. The second kappa shape index (κ2) is 7.13. The van der Waals surface area contributed by atoms with Gasteiger partial charge in [-0.05, 0) is 23.8 Å². The Morgan fingerprint density at radius 1 is 1.24 bits per heavy atom. The predicted octanol–water partition coefficient (Wildman–Crippen LogP) is 3.16. The van der Waals surface area contributed by atoms with E-state index in [9.17, 15) is 9.18 Å². The van der Waals surface area contributed by atoms with Crippen molar-refractivity contribution in [3.05, 3.63) is 59.9 Å². The highest BCUT2D eigenvalue weighted by atomic mass is 32.2. The molecule has 3 nitrogen and oxygen atoms in total. The van der Waals surface area contributed by atoms with E-state index in [-0.39, 0.29) is 17.3 Å². The molecule has 0 unspecified atom stereocenters. The number of benzene rings is 2. The molecule has 0 aromatic heterocycles. The SMILES string of the molecule is CN(Cc1ccccc1)C(=O)CSc1ccc(N)c(F)c1. The summed E-state index contributed by atoms with van der Waals surface area (Å²) in [5, 5.41) is 0. The van der Waals surface area contributed by atoms with Gasteiger partial charge in [0, 0.05) is 18.5 Å². The van der Waals surface area contributed by atoms with Crippen molar-refractivity contribution in [2.45, 2.75) is 11.4 Å². The van der Waals surface area contributed by atoms with Crippen LogP contribution in [-0.4, -0.2) is 23.6 Å². The Labute approximate surface area is 127 Å². The Hall–Kier alpha value is -2.01. The molecule has 2 rings (SSSR count). The van der Waals surface area contributed by atoms with E-state index in [1.165, 1.54) is 23.9 Å². The van der Waals surface area contributed by atoms with Gasteiger partial charge in [-0.2, -0.15) is 0 Å². The number of nitrogen functional groups attached to an aromatic ring is 1. The topological polar surface area (TPSA) is 46.3 Å². The Morgan fingerprint density at radius 3 is 2.62 bits per heavy atom. The first-order valence-corrected chi connectivity index (χ1v) is 7.50. The number of carbonyl (C=O) groups excluding carboxylic acids is 1. The Balaban J connectivity index is 1.87. The van der Waals surface area contributed by atoms with Crippen LogP contribution in [0.15, 0.2) is 53.4 Å². The molecule has 0 fully saturated rings. The molecule has 0 heterocycles. The van der Waals surface area contributed by atoms with E-state index in [1.807, 2.05) is 30.3 Å². The van der Waals surface area contributed by atoms with Crippen LogP contribution in [0, 0.1) is 5.82 Å². The molecule has 2 aromatic carbocycles. The van der Waals surface area contributed by atoms with E-state index < -0.39 is 5.82 Å². The maximum atomic E-state index is 13.3. The summed E-state index contributed by atoms with van der Waals surface area (Å²) in [4.78, 5) is 14.4. The van der Waals surface area contributed by atoms with Gasteiger partial charge in [-0.3, -0.25) is 4.79 Å². The van der Waals surface area contributed by atoms with Crippen LogP contribution in [-0.2, 0) is 11.3 Å². The Morgan fingerprint density at radius 2 is 1.95 bits per heavy atom. The first-order valence-electron chi connectivity index (χ1n) is 6.52. The number of nitrogens with zero attached hydrogens (tertiary/aromatic N) is 1. The molecule has 0 radical (unpaired) electrons. The number of amides is 1. The fourth-order valence-corrected chi connectivity index (χ4v) is 2.66. The molecule has 21 heavy (non-hydrogen) atoms. The highest BCUT2D eigenvalue weighted by Gasteiger charge is 2.10. The lowest BCUT2D eigenvalue weighted by atomic mass is 10.2. The number of anilines is 1. The van der Waals surface area contributed by atoms with Gasteiger partial charge in [-0.25, -0.2) is 4.39 Å². The first-order chi connectivity index (χ1) is 10.1. The molecule has 0 saturated carbocycles. The lowest BCUT2D eigenvalue weighted by Crippen LogP contribution is -2.27. The fourth-order valence-electron chi connectivity index (χ4n) is 1.80. The average Bonchev–Trinajstić information content (AvgIpc) is 2.49. The third-order valence-corrected chi connectivity index (χ3v) is 4.00. The highest BCUT2D eigenvalue weighted by Crippen LogP contribution is 2.22. The second-order valence-corrected chi connectivity index (χ2v) is 5.76. The van der Waals surface area contributed by atoms with Crippen molar-refractivity contribution in [3.63, 3.8) is 0 Å². The van der Waals surface area contributed by atoms with Crippen LogP contribution in [0.4, 0.5) is 10.1 Å². The third kappa shape index (κ3) is 4.49. The van der Waals surface area contributed by atoms with Crippen molar-refractivity contribution in [2.75, 3.05) is 18.5 Å². The van der Waals surface area contributed by atoms with Crippen LogP contribution in [0.1, 0.15) is 5.56 Å². The normalized spacial score (nSPS) is 10.4. The Kier molecular flexibility index (Phi) is 5.22. The van der Waals surface area contributed by atoms with Gasteiger partial charge in [0.15, 0.2) is 0 Å². The zero-order valence-corrected chi connectivity index (χ0v) is 12.6. The van der Waals surface area contributed by atoms with Crippen LogP contribution in [0.2, 0.25) is 0 Å².